The van der Waals surface area contributed by atoms with Crippen molar-refractivity contribution in [3.8, 4) is 0 Å². The first-order chi connectivity index (χ1) is 14.4. The second kappa shape index (κ2) is 8.27. The van der Waals surface area contributed by atoms with Crippen LogP contribution in [0.3, 0.4) is 0 Å². The van der Waals surface area contributed by atoms with Gasteiger partial charge in [0.2, 0.25) is 0 Å². The molecule has 0 saturated carbocycles. The van der Waals surface area contributed by atoms with Gasteiger partial charge in [-0.2, -0.15) is 0 Å². The normalized spacial score (nSPS) is 11.1. The lowest BCUT2D eigenvalue weighted by molar-refractivity contribution is 0.705. The van der Waals surface area contributed by atoms with Crippen molar-refractivity contribution in [1.82, 2.24) is 4.57 Å². The van der Waals surface area contributed by atoms with Gasteiger partial charge in [0.25, 0.3) is 0 Å². The van der Waals surface area contributed by atoms with E-state index in [1.807, 2.05) is 0 Å². The summed E-state index contributed by atoms with van der Waals surface area (Å²) in [6.45, 7) is 8.12. The summed E-state index contributed by atoms with van der Waals surface area (Å²) < 4.78 is 2.37. The van der Waals surface area contributed by atoms with Crippen LogP contribution in [0.2, 0.25) is 0 Å². The minimum absolute atomic E-state index is 0.816. The van der Waals surface area contributed by atoms with Crippen LogP contribution in [0, 0.1) is 20.8 Å². The third kappa shape index (κ3) is 4.20. The van der Waals surface area contributed by atoms with Crippen molar-refractivity contribution in [2.45, 2.75) is 34.0 Å². The van der Waals surface area contributed by atoms with Gasteiger partial charge >= 0.3 is 0 Å². The molecule has 0 atom stereocenters. The van der Waals surface area contributed by atoms with E-state index in [2.05, 4.69) is 122 Å². The van der Waals surface area contributed by atoms with Gasteiger partial charge in [0.05, 0.1) is 6.67 Å². The third-order valence-corrected chi connectivity index (χ3v) is 5.84. The number of hydrogen-bond donors (Lipinski definition) is 0. The highest BCUT2D eigenvalue weighted by Gasteiger charge is 2.13. The van der Waals surface area contributed by atoms with Crippen LogP contribution >= 0.6 is 0 Å². The molecule has 0 aliphatic heterocycles. The molecule has 0 aliphatic carbocycles. The molecular formula is C27H31N3. The maximum Gasteiger partial charge on any atom is 0.0943 e. The van der Waals surface area contributed by atoms with E-state index < -0.39 is 0 Å². The highest BCUT2D eigenvalue weighted by molar-refractivity contribution is 5.85. The number of rotatable bonds is 6. The molecule has 0 aliphatic rings. The minimum atomic E-state index is 0.816. The van der Waals surface area contributed by atoms with Crippen LogP contribution in [0.25, 0.3) is 10.9 Å². The van der Waals surface area contributed by atoms with Gasteiger partial charge in [-0.25, -0.2) is 0 Å². The van der Waals surface area contributed by atoms with Gasteiger partial charge in [-0.1, -0.05) is 47.0 Å². The molecular weight excluding hydrogens is 366 g/mol. The summed E-state index contributed by atoms with van der Waals surface area (Å²) in [5, 5.41) is 1.34. The Morgan fingerprint density at radius 1 is 0.667 bits per heavy atom. The lowest BCUT2D eigenvalue weighted by Gasteiger charge is -2.21. The fourth-order valence-electron chi connectivity index (χ4n) is 3.98. The molecule has 0 unspecified atom stereocenters. The van der Waals surface area contributed by atoms with Crippen molar-refractivity contribution in [3.05, 3.63) is 95.2 Å². The molecule has 3 heteroatoms. The predicted octanol–water partition coefficient (Wildman–Crippen LogP) is 6.30. The van der Waals surface area contributed by atoms with Gasteiger partial charge in [0.1, 0.15) is 0 Å². The molecule has 1 heterocycles. The fourth-order valence-corrected chi connectivity index (χ4v) is 3.98. The molecule has 0 fully saturated rings. The molecule has 0 spiro atoms. The molecule has 154 valence electrons. The average Bonchev–Trinajstić information content (AvgIpc) is 3.05. The van der Waals surface area contributed by atoms with E-state index in [9.17, 15) is 0 Å². The number of nitrogens with zero attached hydrogens (tertiary/aromatic N) is 3. The summed E-state index contributed by atoms with van der Waals surface area (Å²) in [6.07, 6.45) is 2.32. The predicted molar refractivity (Wildman–Crippen MR) is 130 cm³/mol. The Labute approximate surface area is 180 Å². The second-order valence-electron chi connectivity index (χ2n) is 8.51. The number of aromatic nitrogens is 1. The van der Waals surface area contributed by atoms with E-state index in [1.165, 1.54) is 44.5 Å². The van der Waals surface area contributed by atoms with Gasteiger partial charge in [0, 0.05) is 49.1 Å². The first kappa shape index (κ1) is 20.1. The molecule has 30 heavy (non-hydrogen) atoms. The van der Waals surface area contributed by atoms with E-state index in [4.69, 9.17) is 0 Å². The number of aryl methyl sites for hydroxylation is 3. The molecule has 4 rings (SSSR count). The summed E-state index contributed by atoms with van der Waals surface area (Å²) in [4.78, 5) is 4.62. The summed E-state index contributed by atoms with van der Waals surface area (Å²) >= 11 is 0. The Balaban J connectivity index is 1.64. The molecule has 1 aromatic heterocycles. The van der Waals surface area contributed by atoms with Crippen LogP contribution in [0.5, 0.6) is 0 Å². The van der Waals surface area contributed by atoms with Gasteiger partial charge in [0.15, 0.2) is 0 Å². The van der Waals surface area contributed by atoms with Crippen LogP contribution in [-0.4, -0.2) is 18.7 Å². The van der Waals surface area contributed by atoms with Crippen molar-refractivity contribution in [2.75, 3.05) is 23.9 Å². The van der Waals surface area contributed by atoms with Gasteiger partial charge in [-0.15, -0.1) is 0 Å². The number of hydrogen-bond acceptors (Lipinski definition) is 2. The van der Waals surface area contributed by atoms with E-state index >= 15 is 0 Å². The number of benzene rings is 3. The van der Waals surface area contributed by atoms with Crippen LogP contribution < -0.4 is 9.80 Å². The largest absolute Gasteiger partial charge is 0.370 e. The van der Waals surface area contributed by atoms with Crippen molar-refractivity contribution in [3.63, 3.8) is 0 Å². The zero-order chi connectivity index (χ0) is 21.3. The van der Waals surface area contributed by atoms with Gasteiger partial charge < -0.3 is 14.4 Å². The molecule has 0 bridgehead atoms. The number of anilines is 2. The highest BCUT2D eigenvalue weighted by atomic mass is 15.2. The zero-order valence-electron chi connectivity index (χ0n) is 18.7. The fraction of sp³-hybridized carbons (Fsp3) is 0.259. The number of fused-ring (bicyclic) bond motifs is 1. The first-order valence-corrected chi connectivity index (χ1v) is 10.5. The lowest BCUT2D eigenvalue weighted by atomic mass is 10.1. The summed E-state index contributed by atoms with van der Waals surface area (Å²) in [7, 11) is 4.32. The molecule has 4 aromatic rings. The van der Waals surface area contributed by atoms with E-state index in [1.54, 1.807) is 0 Å². The Morgan fingerprint density at radius 3 is 1.80 bits per heavy atom. The van der Waals surface area contributed by atoms with Crippen LogP contribution in [-0.2, 0) is 13.2 Å². The molecule has 0 N–H and O–H groups in total. The van der Waals surface area contributed by atoms with E-state index in [0.717, 1.165) is 13.2 Å². The monoisotopic (exact) mass is 397 g/mol. The van der Waals surface area contributed by atoms with Crippen molar-refractivity contribution >= 4 is 22.3 Å². The maximum absolute atomic E-state index is 2.37. The summed E-state index contributed by atoms with van der Waals surface area (Å²) in [5.41, 5.74) is 8.99. The van der Waals surface area contributed by atoms with Crippen molar-refractivity contribution in [2.24, 2.45) is 0 Å². The lowest BCUT2D eigenvalue weighted by Crippen LogP contribution is -2.20. The quantitative estimate of drug-likeness (QED) is 0.378. The topological polar surface area (TPSA) is 11.4 Å². The Morgan fingerprint density at radius 2 is 1.20 bits per heavy atom. The Hall–Kier alpha value is -3.20. The standard InChI is InChI=1S/C27H31N3/c1-20-6-11-24(12-7-20)28(4)17-23-18-30(27-15-10-22(3)16-26(23)27)19-29(5)25-13-8-21(2)9-14-25/h6-16,18H,17,19H2,1-5H3. The van der Waals surface area contributed by atoms with Gasteiger partial charge in [-0.05, 0) is 62.7 Å². The van der Waals surface area contributed by atoms with Crippen LogP contribution in [0.1, 0.15) is 22.3 Å². The maximum atomic E-state index is 2.37. The molecule has 0 radical (unpaired) electrons. The smallest absolute Gasteiger partial charge is 0.0943 e. The van der Waals surface area contributed by atoms with E-state index in [0.29, 0.717) is 0 Å². The molecule has 0 saturated heterocycles. The highest BCUT2D eigenvalue weighted by Crippen LogP contribution is 2.27. The SMILES string of the molecule is Cc1ccc(N(C)Cc2cn(CN(C)c3ccc(C)cc3)c3ccc(C)cc23)cc1. The zero-order valence-corrected chi connectivity index (χ0v) is 18.7. The molecule has 3 nitrogen and oxygen atoms in total. The van der Waals surface area contributed by atoms with E-state index in [-0.39, 0.29) is 0 Å². The second-order valence-corrected chi connectivity index (χ2v) is 8.51. The average molecular weight is 398 g/mol. The Bertz CT molecular complexity index is 1140. The summed E-state index contributed by atoms with van der Waals surface area (Å²) in [5.74, 6) is 0. The van der Waals surface area contributed by atoms with Crippen molar-refractivity contribution in [1.29, 1.82) is 0 Å². The van der Waals surface area contributed by atoms with Gasteiger partial charge in [-0.3, -0.25) is 0 Å². The Kier molecular flexibility index (Phi) is 5.54. The minimum Gasteiger partial charge on any atom is -0.370 e. The third-order valence-electron chi connectivity index (χ3n) is 5.84. The molecule has 3 aromatic carbocycles. The van der Waals surface area contributed by atoms with Crippen LogP contribution in [0.4, 0.5) is 11.4 Å². The molecule has 0 amide bonds. The summed E-state index contributed by atoms with van der Waals surface area (Å²) in [6, 6.07) is 24.3. The van der Waals surface area contributed by atoms with Crippen molar-refractivity contribution < 1.29 is 0 Å². The first-order valence-electron chi connectivity index (χ1n) is 10.5. The van der Waals surface area contributed by atoms with Crippen LogP contribution in [0.15, 0.2) is 72.9 Å².